The number of hydrogen-bond acceptors (Lipinski definition) is 5. The van der Waals surface area contributed by atoms with Crippen molar-refractivity contribution in [2.75, 3.05) is 65.6 Å². The molecule has 0 radical (unpaired) electrons. The molecule has 0 amide bonds. The lowest BCUT2D eigenvalue weighted by Crippen LogP contribution is -2.55. The van der Waals surface area contributed by atoms with Crippen LogP contribution in [-0.2, 0) is 9.47 Å². The van der Waals surface area contributed by atoms with Crippen molar-refractivity contribution in [1.29, 1.82) is 0 Å². The van der Waals surface area contributed by atoms with E-state index in [4.69, 9.17) is 9.47 Å². The van der Waals surface area contributed by atoms with Gasteiger partial charge in [-0.1, -0.05) is 13.8 Å². The van der Waals surface area contributed by atoms with Gasteiger partial charge in [-0.2, -0.15) is 0 Å². The van der Waals surface area contributed by atoms with Gasteiger partial charge < -0.3 is 14.8 Å². The molecule has 0 aliphatic carbocycles. The van der Waals surface area contributed by atoms with Crippen molar-refractivity contribution in [3.63, 3.8) is 0 Å². The van der Waals surface area contributed by atoms with Crippen molar-refractivity contribution >= 4 is 0 Å². The molecule has 2 atom stereocenters. The lowest BCUT2D eigenvalue weighted by Gasteiger charge is -2.40. The van der Waals surface area contributed by atoms with Crippen molar-refractivity contribution in [3.05, 3.63) is 0 Å². The van der Waals surface area contributed by atoms with Gasteiger partial charge in [-0.3, -0.25) is 9.80 Å². The average molecular weight is 271 g/mol. The number of likely N-dealkylation sites (N-methyl/N-ethyl adjacent to an activating group) is 2. The van der Waals surface area contributed by atoms with Crippen LogP contribution in [0.5, 0.6) is 0 Å². The molecule has 1 N–H and O–H groups in total. The SMILES string of the molecule is CCNCC1COCCN1CC1CN(CC)CCO1. The Bertz CT molecular complexity index is 253. The number of morpholine rings is 2. The second-order valence-electron chi connectivity index (χ2n) is 5.42. The first-order valence-electron chi connectivity index (χ1n) is 7.70. The summed E-state index contributed by atoms with van der Waals surface area (Å²) in [6.07, 6.45) is 0.357. The molecule has 112 valence electrons. The predicted octanol–water partition coefficient (Wildman–Crippen LogP) is 0.0174. The summed E-state index contributed by atoms with van der Waals surface area (Å²) in [7, 11) is 0. The van der Waals surface area contributed by atoms with E-state index in [1.54, 1.807) is 0 Å². The zero-order valence-electron chi connectivity index (χ0n) is 12.4. The van der Waals surface area contributed by atoms with Gasteiger partial charge in [0.05, 0.1) is 25.9 Å². The summed E-state index contributed by atoms with van der Waals surface area (Å²) >= 11 is 0. The quantitative estimate of drug-likeness (QED) is 0.737. The first-order chi connectivity index (χ1) is 9.33. The third-order valence-corrected chi connectivity index (χ3v) is 4.09. The molecule has 0 aromatic rings. The Morgan fingerprint density at radius 2 is 2.11 bits per heavy atom. The summed E-state index contributed by atoms with van der Waals surface area (Å²) in [4.78, 5) is 5.02. The molecular formula is C14H29N3O2. The Morgan fingerprint density at radius 3 is 2.89 bits per heavy atom. The first-order valence-corrected chi connectivity index (χ1v) is 7.70. The summed E-state index contributed by atoms with van der Waals surface area (Å²) in [5.41, 5.74) is 0. The van der Waals surface area contributed by atoms with Gasteiger partial charge in [-0.05, 0) is 13.1 Å². The summed E-state index contributed by atoms with van der Waals surface area (Å²) in [5, 5.41) is 3.43. The van der Waals surface area contributed by atoms with Crippen LogP contribution in [0.1, 0.15) is 13.8 Å². The van der Waals surface area contributed by atoms with Crippen LogP contribution in [0.4, 0.5) is 0 Å². The van der Waals surface area contributed by atoms with Crippen molar-refractivity contribution in [2.24, 2.45) is 0 Å². The molecule has 2 rings (SSSR count). The molecular weight excluding hydrogens is 242 g/mol. The van der Waals surface area contributed by atoms with E-state index in [2.05, 4.69) is 29.0 Å². The highest BCUT2D eigenvalue weighted by molar-refractivity contribution is 4.82. The fourth-order valence-electron chi connectivity index (χ4n) is 2.87. The van der Waals surface area contributed by atoms with E-state index in [0.29, 0.717) is 12.1 Å². The number of ether oxygens (including phenoxy) is 2. The Labute approximate surface area is 117 Å². The van der Waals surface area contributed by atoms with Gasteiger partial charge in [-0.25, -0.2) is 0 Å². The molecule has 2 fully saturated rings. The maximum absolute atomic E-state index is 5.92. The fourth-order valence-corrected chi connectivity index (χ4v) is 2.87. The molecule has 0 spiro atoms. The zero-order chi connectivity index (χ0) is 13.5. The second-order valence-corrected chi connectivity index (χ2v) is 5.42. The summed E-state index contributed by atoms with van der Waals surface area (Å²) in [5.74, 6) is 0. The van der Waals surface area contributed by atoms with E-state index in [0.717, 1.165) is 65.6 Å². The highest BCUT2D eigenvalue weighted by Gasteiger charge is 2.27. The highest BCUT2D eigenvalue weighted by Crippen LogP contribution is 2.12. The van der Waals surface area contributed by atoms with Crippen LogP contribution in [0, 0.1) is 0 Å². The van der Waals surface area contributed by atoms with Crippen LogP contribution in [0.25, 0.3) is 0 Å². The fraction of sp³-hybridized carbons (Fsp3) is 1.00. The van der Waals surface area contributed by atoms with E-state index >= 15 is 0 Å². The van der Waals surface area contributed by atoms with Crippen LogP contribution >= 0.6 is 0 Å². The normalized spacial score (nSPS) is 30.6. The highest BCUT2D eigenvalue weighted by atomic mass is 16.5. The van der Waals surface area contributed by atoms with Crippen LogP contribution in [0.3, 0.4) is 0 Å². The monoisotopic (exact) mass is 271 g/mol. The zero-order valence-corrected chi connectivity index (χ0v) is 12.4. The van der Waals surface area contributed by atoms with E-state index in [1.165, 1.54) is 0 Å². The Balaban J connectivity index is 1.80. The number of rotatable bonds is 6. The first kappa shape index (κ1) is 15.2. The van der Waals surface area contributed by atoms with E-state index in [1.807, 2.05) is 0 Å². The Kier molecular flexibility index (Phi) is 6.53. The minimum absolute atomic E-state index is 0.357. The van der Waals surface area contributed by atoms with Crippen LogP contribution in [0.2, 0.25) is 0 Å². The van der Waals surface area contributed by atoms with Gasteiger partial charge in [0.1, 0.15) is 0 Å². The van der Waals surface area contributed by atoms with Crippen LogP contribution in [-0.4, -0.2) is 87.6 Å². The molecule has 2 unspecified atom stereocenters. The van der Waals surface area contributed by atoms with Crippen molar-refractivity contribution in [3.8, 4) is 0 Å². The summed E-state index contributed by atoms with van der Waals surface area (Å²) < 4.78 is 11.5. The Hall–Kier alpha value is -0.200. The smallest absolute Gasteiger partial charge is 0.0829 e. The molecule has 19 heavy (non-hydrogen) atoms. The van der Waals surface area contributed by atoms with Gasteiger partial charge in [0.2, 0.25) is 0 Å². The molecule has 0 aromatic carbocycles. The van der Waals surface area contributed by atoms with Crippen molar-refractivity contribution in [2.45, 2.75) is 26.0 Å². The summed E-state index contributed by atoms with van der Waals surface area (Å²) in [6, 6.07) is 0.495. The van der Waals surface area contributed by atoms with Crippen LogP contribution in [0.15, 0.2) is 0 Å². The van der Waals surface area contributed by atoms with E-state index in [-0.39, 0.29) is 0 Å². The standard InChI is InChI=1S/C14H29N3O2/c1-3-15-9-13-12-18-7-6-17(13)11-14-10-16(4-2)5-8-19-14/h13-15H,3-12H2,1-2H3. The molecule has 2 heterocycles. The van der Waals surface area contributed by atoms with Gasteiger partial charge in [-0.15, -0.1) is 0 Å². The summed E-state index contributed by atoms with van der Waals surface area (Å²) in [6.45, 7) is 14.3. The third-order valence-electron chi connectivity index (χ3n) is 4.09. The van der Waals surface area contributed by atoms with E-state index in [9.17, 15) is 0 Å². The number of hydrogen-bond donors (Lipinski definition) is 1. The average Bonchev–Trinajstić information content (AvgIpc) is 2.46. The van der Waals surface area contributed by atoms with Crippen molar-refractivity contribution in [1.82, 2.24) is 15.1 Å². The molecule has 2 saturated heterocycles. The van der Waals surface area contributed by atoms with Crippen molar-refractivity contribution < 1.29 is 9.47 Å². The number of nitrogens with zero attached hydrogens (tertiary/aromatic N) is 2. The van der Waals surface area contributed by atoms with Gasteiger partial charge in [0, 0.05) is 38.8 Å². The molecule has 0 bridgehead atoms. The maximum Gasteiger partial charge on any atom is 0.0829 e. The minimum Gasteiger partial charge on any atom is -0.378 e. The third kappa shape index (κ3) is 4.68. The predicted molar refractivity (Wildman–Crippen MR) is 76.6 cm³/mol. The van der Waals surface area contributed by atoms with Gasteiger partial charge in [0.25, 0.3) is 0 Å². The Morgan fingerprint density at radius 1 is 1.21 bits per heavy atom. The van der Waals surface area contributed by atoms with E-state index < -0.39 is 0 Å². The topological polar surface area (TPSA) is 37.0 Å². The second kappa shape index (κ2) is 8.17. The lowest BCUT2D eigenvalue weighted by molar-refractivity contribution is -0.0714. The minimum atomic E-state index is 0.357. The molecule has 2 aliphatic heterocycles. The van der Waals surface area contributed by atoms with Crippen LogP contribution < -0.4 is 5.32 Å². The van der Waals surface area contributed by atoms with Gasteiger partial charge >= 0.3 is 0 Å². The molecule has 5 nitrogen and oxygen atoms in total. The lowest BCUT2D eigenvalue weighted by atomic mass is 10.1. The molecule has 5 heteroatoms. The van der Waals surface area contributed by atoms with Gasteiger partial charge in [0.15, 0.2) is 0 Å². The molecule has 0 saturated carbocycles. The largest absolute Gasteiger partial charge is 0.378 e. The molecule has 0 aromatic heterocycles. The number of nitrogens with one attached hydrogen (secondary N) is 1. The molecule has 2 aliphatic rings. The maximum atomic E-state index is 5.92.